The molecule has 7 heterocycles. The minimum absolute atomic E-state index is 0.143. The van der Waals surface area contributed by atoms with Gasteiger partial charge in [0, 0.05) is 42.4 Å². The van der Waals surface area contributed by atoms with Gasteiger partial charge >= 0.3 is 0 Å². The second-order valence-corrected chi connectivity index (χ2v) is 16.6. The van der Waals surface area contributed by atoms with Gasteiger partial charge in [0.05, 0.1) is 54.8 Å². The zero-order valence-corrected chi connectivity index (χ0v) is 36.2. The summed E-state index contributed by atoms with van der Waals surface area (Å²) in [5.41, 5.74) is 2.90. The highest BCUT2D eigenvalue weighted by Crippen LogP contribution is 2.30. The Labute approximate surface area is 367 Å². The lowest BCUT2D eigenvalue weighted by molar-refractivity contribution is 0.354. The largest absolute Gasteiger partial charge is 0.493 e. The lowest BCUT2D eigenvalue weighted by Gasteiger charge is -2.21. The van der Waals surface area contributed by atoms with Gasteiger partial charge in [-0.3, -0.25) is 23.7 Å². The van der Waals surface area contributed by atoms with E-state index >= 15 is 0 Å². The number of pyridine rings is 1. The molecule has 2 saturated heterocycles. The molecule has 2 aliphatic rings. The first-order chi connectivity index (χ1) is 30.3. The first-order valence-corrected chi connectivity index (χ1v) is 21.8. The monoisotopic (exact) mass is 875 g/mol. The van der Waals surface area contributed by atoms with Crippen molar-refractivity contribution < 1.29 is 9.47 Å². The third-order valence-electron chi connectivity index (χ3n) is 11.7. The second kappa shape index (κ2) is 18.0. The quantitative estimate of drug-likeness (QED) is 0.149. The van der Waals surface area contributed by atoms with Crippen LogP contribution in [0.25, 0.3) is 33.4 Å². The number of anilines is 2. The number of aromatic nitrogens is 9. The summed E-state index contributed by atoms with van der Waals surface area (Å²) in [6.45, 7) is 4.35. The van der Waals surface area contributed by atoms with Crippen molar-refractivity contribution >= 4 is 68.5 Å². The molecule has 17 heteroatoms. The van der Waals surface area contributed by atoms with Gasteiger partial charge < -0.3 is 19.3 Å². The van der Waals surface area contributed by atoms with Crippen LogP contribution in [0.4, 0.5) is 11.9 Å². The number of nitrogens with zero attached hydrogens (tertiary/aromatic N) is 11. The highest BCUT2D eigenvalue weighted by molar-refractivity contribution is 6.31. The Morgan fingerprint density at radius 3 is 1.56 bits per heavy atom. The summed E-state index contributed by atoms with van der Waals surface area (Å²) < 4.78 is 18.0. The maximum absolute atomic E-state index is 13.6. The van der Waals surface area contributed by atoms with Gasteiger partial charge in [0.2, 0.25) is 23.5 Å². The molecule has 0 radical (unpaired) electrons. The maximum atomic E-state index is 13.6. The molecule has 0 bridgehead atoms. The highest BCUT2D eigenvalue weighted by Gasteiger charge is 2.24. The molecule has 62 heavy (non-hydrogen) atoms. The molecule has 0 spiro atoms. The summed E-state index contributed by atoms with van der Waals surface area (Å²) in [5.74, 6) is 3.81. The zero-order valence-electron chi connectivity index (χ0n) is 34.7. The van der Waals surface area contributed by atoms with Crippen LogP contribution < -0.4 is 30.4 Å². The van der Waals surface area contributed by atoms with Gasteiger partial charge in [-0.25, -0.2) is 8.80 Å². The number of rotatable bonds is 8. The topological polar surface area (TPSA) is 142 Å². The zero-order chi connectivity index (χ0) is 42.7. The van der Waals surface area contributed by atoms with Crippen LogP contribution in [0.2, 0.25) is 10.0 Å². The molecule has 2 aliphatic heterocycles. The van der Waals surface area contributed by atoms with E-state index in [1.165, 1.54) is 25.7 Å². The molecule has 0 N–H and O–H groups in total. The van der Waals surface area contributed by atoms with E-state index in [2.05, 4.69) is 35.2 Å². The fourth-order valence-electron chi connectivity index (χ4n) is 8.59. The maximum Gasteiger partial charge on any atom is 0.263 e. The summed E-state index contributed by atoms with van der Waals surface area (Å²) in [6, 6.07) is 22.1. The highest BCUT2D eigenvalue weighted by atomic mass is 35.5. The first kappa shape index (κ1) is 41.2. The van der Waals surface area contributed by atoms with E-state index in [-0.39, 0.29) is 11.1 Å². The van der Waals surface area contributed by atoms with Gasteiger partial charge in [-0.1, -0.05) is 61.0 Å². The minimum Gasteiger partial charge on any atom is -0.493 e. The van der Waals surface area contributed by atoms with Crippen molar-refractivity contribution in [3.05, 3.63) is 121 Å². The van der Waals surface area contributed by atoms with E-state index in [9.17, 15) is 9.59 Å². The number of hydrogen-bond acceptors (Lipinski definition) is 11. The molecule has 0 unspecified atom stereocenters. The van der Waals surface area contributed by atoms with Crippen LogP contribution in [0.5, 0.6) is 11.5 Å². The van der Waals surface area contributed by atoms with Crippen LogP contribution in [0.1, 0.15) is 62.6 Å². The van der Waals surface area contributed by atoms with E-state index in [0.717, 1.165) is 86.0 Å². The van der Waals surface area contributed by atoms with Crippen LogP contribution in [0.15, 0.2) is 88.6 Å². The van der Waals surface area contributed by atoms with Gasteiger partial charge in [0.15, 0.2) is 11.5 Å². The lowest BCUT2D eigenvalue weighted by Crippen LogP contribution is -2.28. The van der Waals surface area contributed by atoms with Crippen molar-refractivity contribution in [2.75, 3.05) is 50.2 Å². The number of benzene rings is 3. The van der Waals surface area contributed by atoms with Crippen LogP contribution >= 0.6 is 23.2 Å². The fourth-order valence-corrected chi connectivity index (χ4v) is 8.93. The number of fused-ring (bicyclic) bond motifs is 6. The van der Waals surface area contributed by atoms with Crippen molar-refractivity contribution in [1.29, 1.82) is 0 Å². The van der Waals surface area contributed by atoms with E-state index in [1.54, 1.807) is 53.8 Å². The fraction of sp³-hybridized carbons (Fsp3) is 0.356. The average molecular weight is 877 g/mol. The Morgan fingerprint density at radius 1 is 0.565 bits per heavy atom. The van der Waals surface area contributed by atoms with E-state index in [1.807, 2.05) is 57.3 Å². The molecule has 0 aliphatic carbocycles. The molecule has 3 aromatic carbocycles. The number of halogens is 2. The first-order valence-electron chi connectivity index (χ1n) is 21.1. The molecule has 320 valence electrons. The van der Waals surface area contributed by atoms with Gasteiger partial charge in [-0.05, 0) is 91.9 Å². The number of hydrogen-bond donors (Lipinski definition) is 0. The van der Waals surface area contributed by atoms with E-state index in [0.29, 0.717) is 57.0 Å². The Hall–Kier alpha value is -6.19. The second-order valence-electron chi connectivity index (χ2n) is 15.7. The minimum atomic E-state index is -0.162. The molecule has 10 rings (SSSR count). The van der Waals surface area contributed by atoms with Crippen LogP contribution in [-0.2, 0) is 13.1 Å². The number of ether oxygens (including phenoxy) is 2. The molecule has 0 atom stereocenters. The van der Waals surface area contributed by atoms with Gasteiger partial charge in [0.1, 0.15) is 0 Å². The SMILES string of the molecule is COc1ccc(Cn2c(=O)c3cc(Cl)ccc3n3c(N4CCCCCC4)nnc23)cc1OC.O=c1c2cc(Cl)ccc2n2c(N3CCCCCC3)nnc2n1Cc1ccccn1. The standard InChI is InChI=1S/C24H26ClN5O3.C21H21ClN6O/c1-32-20-10-7-16(13-21(20)33-2)15-29-22(31)18-14-17(25)8-9-19(18)30-23(26-27-24(29)30)28-11-5-3-4-6-12-28;22-15-8-9-18-17(13-15)19(29)27(14-16-7-3-4-10-23-16)21-25-24-20(28(18)21)26-11-5-1-2-6-12-26/h7-10,13-14H,3-6,11-12,15H2,1-2H3;3-4,7-10,13H,1-2,5-6,11-12,14H2. The van der Waals surface area contributed by atoms with Gasteiger partial charge in [0.25, 0.3) is 11.1 Å². The van der Waals surface area contributed by atoms with Crippen molar-refractivity contribution in [1.82, 2.24) is 43.3 Å². The number of methoxy groups -OCH3 is 2. The average Bonchev–Trinajstić information content (AvgIpc) is 3.70. The molecular formula is C45H47Cl2N11O4. The van der Waals surface area contributed by atoms with Crippen LogP contribution in [-0.4, -0.2) is 83.7 Å². The smallest absolute Gasteiger partial charge is 0.263 e. The summed E-state index contributed by atoms with van der Waals surface area (Å²) in [4.78, 5) is 35.8. The molecule has 8 aromatic rings. The summed E-state index contributed by atoms with van der Waals surface area (Å²) in [6.07, 6.45) is 11.1. The summed E-state index contributed by atoms with van der Waals surface area (Å²) in [5, 5.41) is 20.1. The predicted octanol–water partition coefficient (Wildman–Crippen LogP) is 7.66. The molecule has 0 saturated carbocycles. The lowest BCUT2D eigenvalue weighted by atomic mass is 10.2. The predicted molar refractivity (Wildman–Crippen MR) is 243 cm³/mol. The molecule has 5 aromatic heterocycles. The Bertz CT molecular complexity index is 3000. The van der Waals surface area contributed by atoms with E-state index in [4.69, 9.17) is 32.7 Å². The van der Waals surface area contributed by atoms with E-state index < -0.39 is 0 Å². The van der Waals surface area contributed by atoms with Crippen molar-refractivity contribution in [2.45, 2.75) is 64.5 Å². The van der Waals surface area contributed by atoms with Crippen LogP contribution in [0, 0.1) is 0 Å². The Morgan fingerprint density at radius 2 is 1.08 bits per heavy atom. The molecule has 2 fully saturated rings. The molecule has 0 amide bonds. The van der Waals surface area contributed by atoms with Gasteiger partial charge in [-0.2, -0.15) is 0 Å². The van der Waals surface area contributed by atoms with Crippen molar-refractivity contribution in [2.24, 2.45) is 0 Å². The third kappa shape index (κ3) is 8.02. The van der Waals surface area contributed by atoms with Crippen molar-refractivity contribution in [3.8, 4) is 11.5 Å². The normalized spacial score (nSPS) is 14.8. The third-order valence-corrected chi connectivity index (χ3v) is 12.2. The Balaban J connectivity index is 0.000000159. The molecule has 15 nitrogen and oxygen atoms in total. The summed E-state index contributed by atoms with van der Waals surface area (Å²) >= 11 is 12.5. The summed E-state index contributed by atoms with van der Waals surface area (Å²) in [7, 11) is 3.19. The van der Waals surface area contributed by atoms with Gasteiger partial charge in [-0.15, -0.1) is 20.4 Å². The van der Waals surface area contributed by atoms with Crippen LogP contribution in [0.3, 0.4) is 0 Å². The van der Waals surface area contributed by atoms with Crippen molar-refractivity contribution in [3.63, 3.8) is 0 Å². The Kier molecular flexibility index (Phi) is 12.0. The molecular weight excluding hydrogens is 829 g/mol.